The molecular weight excluding hydrogens is 256 g/mol. The quantitative estimate of drug-likeness (QED) is 0.861. The smallest absolute Gasteiger partial charge is 0.137 e. The van der Waals surface area contributed by atoms with Gasteiger partial charge in [-0.2, -0.15) is 5.10 Å². The minimum Gasteiger partial charge on any atom is -0.389 e. The molecule has 2 N–H and O–H groups in total. The van der Waals surface area contributed by atoms with Crippen LogP contribution in [0.15, 0.2) is 0 Å². The van der Waals surface area contributed by atoms with Crippen molar-refractivity contribution in [1.82, 2.24) is 9.78 Å². The van der Waals surface area contributed by atoms with Crippen molar-refractivity contribution in [2.45, 2.75) is 52.0 Å². The molecule has 0 bridgehead atoms. The van der Waals surface area contributed by atoms with Gasteiger partial charge in [-0.15, -0.1) is 0 Å². The monoisotopic (exact) mass is 280 g/mol. The zero-order chi connectivity index (χ0) is 14.0. The van der Waals surface area contributed by atoms with E-state index >= 15 is 0 Å². The Hall–Kier alpha value is -1.10. The standard InChI is InChI=1S/C14H24N4S/c1-4-7-11-8-5-6-9-18(11)14-12(13(15)19)10(2)16-17(14)3/h11H,4-9H2,1-3H3,(H2,15,19). The molecule has 1 aliphatic heterocycles. The molecule has 0 amide bonds. The van der Waals surface area contributed by atoms with E-state index in [9.17, 15) is 0 Å². The van der Waals surface area contributed by atoms with Gasteiger partial charge in [-0.25, -0.2) is 0 Å². The van der Waals surface area contributed by atoms with Crippen LogP contribution in [0.5, 0.6) is 0 Å². The topological polar surface area (TPSA) is 47.1 Å². The van der Waals surface area contributed by atoms with Crippen molar-refractivity contribution in [3.63, 3.8) is 0 Å². The molecule has 0 saturated carbocycles. The van der Waals surface area contributed by atoms with Crippen molar-refractivity contribution in [2.75, 3.05) is 11.4 Å². The highest BCUT2D eigenvalue weighted by Crippen LogP contribution is 2.31. The van der Waals surface area contributed by atoms with Crippen molar-refractivity contribution in [1.29, 1.82) is 0 Å². The Balaban J connectivity index is 2.41. The molecule has 1 aromatic heterocycles. The summed E-state index contributed by atoms with van der Waals surface area (Å²) in [5, 5.41) is 4.51. The molecule has 1 unspecified atom stereocenters. The number of hydrogen-bond acceptors (Lipinski definition) is 3. The Kier molecular flexibility index (Phi) is 4.45. The maximum Gasteiger partial charge on any atom is 0.137 e. The van der Waals surface area contributed by atoms with Crippen molar-refractivity contribution in [3.05, 3.63) is 11.3 Å². The van der Waals surface area contributed by atoms with Crippen molar-refractivity contribution in [2.24, 2.45) is 12.8 Å². The number of aryl methyl sites for hydroxylation is 2. The zero-order valence-electron chi connectivity index (χ0n) is 12.1. The Bertz CT molecular complexity index is 464. The molecule has 0 aromatic carbocycles. The Morgan fingerprint density at radius 3 is 2.84 bits per heavy atom. The summed E-state index contributed by atoms with van der Waals surface area (Å²) in [6.45, 7) is 5.31. The summed E-state index contributed by atoms with van der Waals surface area (Å²) in [5.74, 6) is 1.11. The van der Waals surface area contributed by atoms with E-state index < -0.39 is 0 Å². The molecule has 0 radical (unpaired) electrons. The summed E-state index contributed by atoms with van der Waals surface area (Å²) in [5.41, 5.74) is 7.80. The lowest BCUT2D eigenvalue weighted by Gasteiger charge is -2.37. The molecule has 106 valence electrons. The van der Waals surface area contributed by atoms with Crippen LogP contribution in [-0.4, -0.2) is 27.4 Å². The second-order valence-electron chi connectivity index (χ2n) is 5.40. The summed E-state index contributed by atoms with van der Waals surface area (Å²) in [7, 11) is 1.99. The third-order valence-corrected chi connectivity index (χ3v) is 4.16. The van der Waals surface area contributed by atoms with Crippen LogP contribution in [0.1, 0.15) is 50.3 Å². The van der Waals surface area contributed by atoms with E-state index in [0.717, 1.165) is 23.6 Å². The molecule has 1 saturated heterocycles. The van der Waals surface area contributed by atoms with Gasteiger partial charge in [0.1, 0.15) is 10.8 Å². The largest absolute Gasteiger partial charge is 0.389 e. The van der Waals surface area contributed by atoms with Crippen molar-refractivity contribution < 1.29 is 0 Å². The van der Waals surface area contributed by atoms with Gasteiger partial charge in [0, 0.05) is 19.6 Å². The zero-order valence-corrected chi connectivity index (χ0v) is 13.0. The second kappa shape index (κ2) is 5.90. The molecule has 1 fully saturated rings. The first kappa shape index (κ1) is 14.3. The van der Waals surface area contributed by atoms with Crippen molar-refractivity contribution in [3.8, 4) is 0 Å². The van der Waals surface area contributed by atoms with Crippen LogP contribution in [0.2, 0.25) is 0 Å². The SMILES string of the molecule is CCCC1CCCCN1c1c(C(N)=S)c(C)nn1C. The van der Waals surface area contributed by atoms with E-state index in [1.165, 1.54) is 32.1 Å². The normalized spacial score (nSPS) is 19.7. The number of nitrogens with zero attached hydrogens (tertiary/aromatic N) is 3. The summed E-state index contributed by atoms with van der Waals surface area (Å²) >= 11 is 5.22. The summed E-state index contributed by atoms with van der Waals surface area (Å²) < 4.78 is 1.94. The van der Waals surface area contributed by atoms with E-state index in [-0.39, 0.29) is 0 Å². The fourth-order valence-corrected chi connectivity index (χ4v) is 3.42. The van der Waals surface area contributed by atoms with Crippen LogP contribution in [-0.2, 0) is 7.05 Å². The van der Waals surface area contributed by atoms with E-state index in [4.69, 9.17) is 18.0 Å². The molecular formula is C14H24N4S. The number of aromatic nitrogens is 2. The maximum absolute atomic E-state index is 5.91. The maximum atomic E-state index is 5.91. The van der Waals surface area contributed by atoms with Gasteiger partial charge in [-0.3, -0.25) is 4.68 Å². The molecule has 4 nitrogen and oxygen atoms in total. The number of nitrogens with two attached hydrogens (primary N) is 1. The first-order chi connectivity index (χ1) is 9.06. The predicted molar refractivity (Wildman–Crippen MR) is 83.7 cm³/mol. The molecule has 2 heterocycles. The van der Waals surface area contributed by atoms with Crippen molar-refractivity contribution >= 4 is 23.0 Å². The van der Waals surface area contributed by atoms with Crippen LogP contribution < -0.4 is 10.6 Å². The summed E-state index contributed by atoms with van der Waals surface area (Å²) in [6.07, 6.45) is 6.25. The Morgan fingerprint density at radius 1 is 1.47 bits per heavy atom. The number of anilines is 1. The van der Waals surface area contributed by atoms with Gasteiger partial charge in [-0.1, -0.05) is 25.6 Å². The van der Waals surface area contributed by atoms with E-state index in [1.807, 2.05) is 18.7 Å². The number of piperidine rings is 1. The minimum absolute atomic E-state index is 0.460. The molecule has 0 aliphatic carbocycles. The Morgan fingerprint density at radius 2 is 2.21 bits per heavy atom. The van der Waals surface area contributed by atoms with Crippen LogP contribution in [0.3, 0.4) is 0 Å². The molecule has 1 aliphatic rings. The minimum atomic E-state index is 0.460. The molecule has 1 atom stereocenters. The number of thiocarbonyl (C=S) groups is 1. The molecule has 19 heavy (non-hydrogen) atoms. The van der Waals surface area contributed by atoms with Gasteiger partial charge in [0.2, 0.25) is 0 Å². The lowest BCUT2D eigenvalue weighted by Crippen LogP contribution is -2.41. The fraction of sp³-hybridized carbons (Fsp3) is 0.714. The first-order valence-corrected chi connectivity index (χ1v) is 7.57. The Labute approximate surface area is 121 Å². The lowest BCUT2D eigenvalue weighted by atomic mass is 9.97. The second-order valence-corrected chi connectivity index (χ2v) is 5.84. The molecule has 1 aromatic rings. The van der Waals surface area contributed by atoms with E-state index in [1.54, 1.807) is 0 Å². The van der Waals surface area contributed by atoms with Gasteiger partial charge in [-0.05, 0) is 32.6 Å². The highest BCUT2D eigenvalue weighted by atomic mass is 32.1. The highest BCUT2D eigenvalue weighted by Gasteiger charge is 2.28. The van der Waals surface area contributed by atoms with Gasteiger partial charge in [0.05, 0.1) is 11.3 Å². The number of hydrogen-bond donors (Lipinski definition) is 1. The molecule has 0 spiro atoms. The lowest BCUT2D eigenvalue weighted by molar-refractivity contribution is 0.426. The third kappa shape index (κ3) is 2.76. The van der Waals surface area contributed by atoms with Crippen LogP contribution in [0, 0.1) is 6.92 Å². The van der Waals surface area contributed by atoms with E-state index in [0.29, 0.717) is 11.0 Å². The average molecular weight is 280 g/mol. The summed E-state index contributed by atoms with van der Waals surface area (Å²) in [4.78, 5) is 2.93. The van der Waals surface area contributed by atoms with Crippen LogP contribution >= 0.6 is 12.2 Å². The third-order valence-electron chi connectivity index (χ3n) is 3.96. The van der Waals surface area contributed by atoms with Gasteiger partial charge in [0.25, 0.3) is 0 Å². The predicted octanol–water partition coefficient (Wildman–Crippen LogP) is 2.52. The number of rotatable bonds is 4. The molecule has 5 heteroatoms. The van der Waals surface area contributed by atoms with E-state index in [2.05, 4.69) is 16.9 Å². The highest BCUT2D eigenvalue weighted by molar-refractivity contribution is 7.80. The first-order valence-electron chi connectivity index (χ1n) is 7.16. The van der Waals surface area contributed by atoms with Gasteiger partial charge < -0.3 is 10.6 Å². The van der Waals surface area contributed by atoms with Gasteiger partial charge in [0.15, 0.2) is 0 Å². The van der Waals surface area contributed by atoms with Crippen LogP contribution in [0.4, 0.5) is 5.82 Å². The summed E-state index contributed by atoms with van der Waals surface area (Å²) in [6, 6.07) is 0.599. The van der Waals surface area contributed by atoms with Crippen LogP contribution in [0.25, 0.3) is 0 Å². The molecule has 2 rings (SSSR count). The fourth-order valence-electron chi connectivity index (χ4n) is 3.18. The average Bonchev–Trinajstić information content (AvgIpc) is 2.65. The van der Waals surface area contributed by atoms with Gasteiger partial charge >= 0.3 is 0 Å².